The van der Waals surface area contributed by atoms with Gasteiger partial charge in [0, 0.05) is 5.56 Å². The molecule has 0 bridgehead atoms. The van der Waals surface area contributed by atoms with Gasteiger partial charge in [-0.05, 0) is 42.5 Å². The summed E-state index contributed by atoms with van der Waals surface area (Å²) < 4.78 is 30.3. The van der Waals surface area contributed by atoms with Crippen LogP contribution in [0.3, 0.4) is 0 Å². The summed E-state index contributed by atoms with van der Waals surface area (Å²) in [5, 5.41) is 18.2. The first-order valence-electron chi connectivity index (χ1n) is 7.97. The van der Waals surface area contributed by atoms with E-state index in [-0.39, 0.29) is 11.5 Å². The molecule has 8 heteroatoms. The summed E-state index contributed by atoms with van der Waals surface area (Å²) in [7, 11) is -1.61. The van der Waals surface area contributed by atoms with Crippen molar-refractivity contribution in [2.24, 2.45) is 0 Å². The summed E-state index contributed by atoms with van der Waals surface area (Å²) in [4.78, 5) is 0. The Kier molecular flexibility index (Phi) is 3.61. The molecule has 1 aliphatic heterocycles. The van der Waals surface area contributed by atoms with Crippen LogP contribution >= 0.6 is 0 Å². The molecule has 1 aliphatic carbocycles. The van der Waals surface area contributed by atoms with Crippen molar-refractivity contribution in [3.63, 3.8) is 0 Å². The number of rotatable bonds is 3. The normalized spacial score (nSPS) is 24.9. The number of benzene rings is 1. The molecule has 0 radical (unpaired) electrons. The highest BCUT2D eigenvalue weighted by molar-refractivity contribution is 7.91. The van der Waals surface area contributed by atoms with Crippen LogP contribution in [-0.2, 0) is 22.7 Å². The van der Waals surface area contributed by atoms with E-state index < -0.39 is 22.0 Å². The van der Waals surface area contributed by atoms with E-state index in [9.17, 15) is 13.5 Å². The lowest BCUT2D eigenvalue weighted by molar-refractivity contribution is 0.145. The minimum Gasteiger partial charge on any atom is -0.496 e. The molecule has 1 aromatic heterocycles. The average molecular weight is 349 g/mol. The van der Waals surface area contributed by atoms with E-state index in [0.29, 0.717) is 5.69 Å². The first-order valence-corrected chi connectivity index (χ1v) is 9.79. The summed E-state index contributed by atoms with van der Waals surface area (Å²) in [6.45, 7) is 0. The van der Waals surface area contributed by atoms with Crippen molar-refractivity contribution in [3.8, 4) is 17.0 Å². The summed E-state index contributed by atoms with van der Waals surface area (Å²) in [5.74, 6) is 0.398. The van der Waals surface area contributed by atoms with Gasteiger partial charge in [-0.3, -0.25) is 0 Å². The fraction of sp³-hybridized carbons (Fsp3) is 0.500. The molecule has 2 heterocycles. The molecular formula is C16H19N3O4S. The van der Waals surface area contributed by atoms with Crippen LogP contribution < -0.4 is 4.74 Å². The van der Waals surface area contributed by atoms with Crippen molar-refractivity contribution in [1.29, 1.82) is 0 Å². The minimum absolute atomic E-state index is 0.113. The van der Waals surface area contributed by atoms with Crippen LogP contribution in [0.15, 0.2) is 18.3 Å². The smallest absolute Gasteiger partial charge is 0.155 e. The zero-order chi connectivity index (χ0) is 16.9. The van der Waals surface area contributed by atoms with Crippen molar-refractivity contribution >= 4 is 9.84 Å². The first kappa shape index (κ1) is 15.6. The molecular weight excluding hydrogens is 330 g/mol. The number of aryl methyl sites for hydroxylation is 2. The van der Waals surface area contributed by atoms with E-state index in [2.05, 4.69) is 16.4 Å². The zero-order valence-corrected chi connectivity index (χ0v) is 14.2. The molecule has 1 fully saturated rings. The Morgan fingerprint density at radius 3 is 2.67 bits per heavy atom. The van der Waals surface area contributed by atoms with Gasteiger partial charge in [-0.25, -0.2) is 13.1 Å². The number of nitrogens with zero attached hydrogens (tertiary/aromatic N) is 3. The second-order valence-electron chi connectivity index (χ2n) is 6.47. The van der Waals surface area contributed by atoms with Gasteiger partial charge in [0.15, 0.2) is 9.84 Å². The van der Waals surface area contributed by atoms with Crippen LogP contribution in [0.25, 0.3) is 11.3 Å². The molecule has 0 saturated carbocycles. The van der Waals surface area contributed by atoms with Gasteiger partial charge in [0.1, 0.15) is 11.4 Å². The number of hydrogen-bond donors (Lipinski definition) is 1. The number of aromatic nitrogens is 3. The lowest BCUT2D eigenvalue weighted by Crippen LogP contribution is -2.22. The number of hydrogen-bond acceptors (Lipinski definition) is 6. The molecule has 0 spiro atoms. The lowest BCUT2D eigenvalue weighted by Gasteiger charge is -2.12. The second-order valence-corrected chi connectivity index (χ2v) is 8.62. The average Bonchev–Trinajstić information content (AvgIpc) is 3.23. The predicted molar refractivity (Wildman–Crippen MR) is 87.7 cm³/mol. The summed E-state index contributed by atoms with van der Waals surface area (Å²) in [5.41, 5.74) is 4.07. The van der Waals surface area contributed by atoms with E-state index in [1.54, 1.807) is 13.3 Å². The molecule has 2 aliphatic rings. The first-order chi connectivity index (χ1) is 11.5. The van der Waals surface area contributed by atoms with Crippen LogP contribution in [0, 0.1) is 0 Å². The Hall–Kier alpha value is -1.93. The molecule has 24 heavy (non-hydrogen) atoms. The van der Waals surface area contributed by atoms with E-state index >= 15 is 0 Å². The largest absolute Gasteiger partial charge is 0.496 e. The molecule has 0 unspecified atom stereocenters. The lowest BCUT2D eigenvalue weighted by atomic mass is 10.0. The highest BCUT2D eigenvalue weighted by Gasteiger charge is 2.38. The maximum Gasteiger partial charge on any atom is 0.155 e. The molecule has 1 N–H and O–H groups in total. The monoisotopic (exact) mass is 349 g/mol. The van der Waals surface area contributed by atoms with E-state index in [1.807, 2.05) is 6.07 Å². The number of fused-ring (bicyclic) bond motifs is 1. The van der Waals surface area contributed by atoms with Gasteiger partial charge in [0.05, 0.1) is 37.0 Å². The molecule has 128 valence electrons. The Labute approximate surface area is 140 Å². The fourth-order valence-electron chi connectivity index (χ4n) is 3.60. The Balaban J connectivity index is 1.71. The van der Waals surface area contributed by atoms with Crippen molar-refractivity contribution in [1.82, 2.24) is 15.0 Å². The van der Waals surface area contributed by atoms with Crippen molar-refractivity contribution in [2.75, 3.05) is 18.6 Å². The highest BCUT2D eigenvalue weighted by Crippen LogP contribution is 2.36. The van der Waals surface area contributed by atoms with E-state index in [4.69, 9.17) is 4.74 Å². The SMILES string of the molecule is COc1cc2c(cc1-c1cn([C@@H]3CS(=O)(=O)C[C@@H]3O)nn1)CCC2. The number of aliphatic hydroxyl groups is 1. The number of methoxy groups -OCH3 is 1. The molecule has 2 aromatic rings. The topological polar surface area (TPSA) is 94.3 Å². The molecule has 7 nitrogen and oxygen atoms in total. The highest BCUT2D eigenvalue weighted by atomic mass is 32.2. The molecule has 0 amide bonds. The number of aliphatic hydroxyl groups excluding tert-OH is 1. The third kappa shape index (κ3) is 2.59. The zero-order valence-electron chi connectivity index (χ0n) is 13.3. The molecule has 4 rings (SSSR count). The number of ether oxygens (including phenoxy) is 1. The van der Waals surface area contributed by atoms with Gasteiger partial charge in [0.25, 0.3) is 0 Å². The van der Waals surface area contributed by atoms with Crippen LogP contribution in [-0.4, -0.2) is 53.2 Å². The second kappa shape index (κ2) is 5.56. The summed E-state index contributed by atoms with van der Waals surface area (Å²) in [6, 6.07) is 3.54. The van der Waals surface area contributed by atoms with Crippen LogP contribution in [0.4, 0.5) is 0 Å². The van der Waals surface area contributed by atoms with Crippen molar-refractivity contribution < 1.29 is 18.3 Å². The van der Waals surface area contributed by atoms with Crippen molar-refractivity contribution in [2.45, 2.75) is 31.4 Å². The third-order valence-electron chi connectivity index (χ3n) is 4.83. The van der Waals surface area contributed by atoms with Gasteiger partial charge in [-0.2, -0.15) is 0 Å². The van der Waals surface area contributed by atoms with Gasteiger partial charge in [-0.15, -0.1) is 5.10 Å². The van der Waals surface area contributed by atoms with E-state index in [1.165, 1.54) is 15.8 Å². The van der Waals surface area contributed by atoms with Gasteiger partial charge in [0.2, 0.25) is 0 Å². The molecule has 1 saturated heterocycles. The van der Waals surface area contributed by atoms with Crippen LogP contribution in [0.1, 0.15) is 23.6 Å². The molecule has 1 aromatic carbocycles. The summed E-state index contributed by atoms with van der Waals surface area (Å²) >= 11 is 0. The van der Waals surface area contributed by atoms with Gasteiger partial charge in [-0.1, -0.05) is 5.21 Å². The Morgan fingerprint density at radius 1 is 1.25 bits per heavy atom. The minimum atomic E-state index is -3.23. The van der Waals surface area contributed by atoms with Gasteiger partial charge < -0.3 is 9.84 Å². The van der Waals surface area contributed by atoms with E-state index in [0.717, 1.165) is 30.6 Å². The molecule has 2 atom stereocenters. The predicted octanol–water partition coefficient (Wildman–Crippen LogP) is 0.773. The summed E-state index contributed by atoms with van der Waals surface area (Å²) in [6.07, 6.45) is 3.98. The fourth-order valence-corrected chi connectivity index (χ4v) is 5.37. The number of sulfone groups is 1. The maximum atomic E-state index is 11.7. The maximum absolute atomic E-state index is 11.7. The van der Waals surface area contributed by atoms with Crippen LogP contribution in [0.2, 0.25) is 0 Å². The third-order valence-corrected chi connectivity index (χ3v) is 6.53. The van der Waals surface area contributed by atoms with Gasteiger partial charge >= 0.3 is 0 Å². The van der Waals surface area contributed by atoms with Crippen molar-refractivity contribution in [3.05, 3.63) is 29.5 Å². The standard InChI is InChI=1S/C16H19N3O4S/c1-23-16-6-11-4-2-3-10(11)5-12(16)13-7-19(18-17-13)14-8-24(21,22)9-15(14)20/h5-7,14-15,20H,2-4,8-9H2,1H3/t14-,15+/m1/s1. The Bertz CT molecular complexity index is 891. The quantitative estimate of drug-likeness (QED) is 0.880. The Morgan fingerprint density at radius 2 is 2.00 bits per heavy atom. The van der Waals surface area contributed by atoms with Crippen LogP contribution in [0.5, 0.6) is 5.75 Å².